The van der Waals surface area contributed by atoms with Crippen molar-refractivity contribution in [2.45, 2.75) is 12.7 Å². The predicted octanol–water partition coefficient (Wildman–Crippen LogP) is 6.54. The number of hydrogen-bond acceptors (Lipinski definition) is 3. The third kappa shape index (κ3) is 6.66. The van der Waals surface area contributed by atoms with Gasteiger partial charge in [-0.1, -0.05) is 60.7 Å². The van der Waals surface area contributed by atoms with Crippen LogP contribution in [0.3, 0.4) is 0 Å². The summed E-state index contributed by atoms with van der Waals surface area (Å²) in [6, 6.07) is 18.1. The third-order valence-electron chi connectivity index (χ3n) is 5.98. The second-order valence-corrected chi connectivity index (χ2v) is 8.04. The van der Waals surface area contributed by atoms with Gasteiger partial charge < -0.3 is 4.74 Å². The van der Waals surface area contributed by atoms with Crippen LogP contribution in [0.4, 0.5) is 13.2 Å². The van der Waals surface area contributed by atoms with E-state index in [0.29, 0.717) is 6.54 Å². The summed E-state index contributed by atoms with van der Waals surface area (Å²) in [7, 11) is 1.69. The summed E-state index contributed by atoms with van der Waals surface area (Å²) in [6.45, 7) is 5.14. The Hall–Kier alpha value is -2.25. The number of piperazine rings is 1. The highest BCUT2D eigenvalue weighted by molar-refractivity contribution is 5.91. The van der Waals surface area contributed by atoms with Crippen molar-refractivity contribution in [3.05, 3.63) is 83.4 Å². The molecule has 0 spiro atoms. The van der Waals surface area contributed by atoms with Gasteiger partial charge in [0, 0.05) is 44.7 Å². The SMILES string of the molecule is COc1ccc(CN2CCN(C/C=C/c3ccccc3C(F)(F)F)CC2)c2ccccc12.Cl.Cl. The zero-order valence-electron chi connectivity index (χ0n) is 18.9. The van der Waals surface area contributed by atoms with Crippen molar-refractivity contribution in [1.29, 1.82) is 0 Å². The second-order valence-electron chi connectivity index (χ2n) is 8.04. The van der Waals surface area contributed by atoms with Crippen LogP contribution in [0.15, 0.2) is 66.7 Å². The Kier molecular flexibility index (Phi) is 10.3. The lowest BCUT2D eigenvalue weighted by Gasteiger charge is -2.34. The minimum absolute atomic E-state index is 0. The van der Waals surface area contributed by atoms with Gasteiger partial charge in [-0.3, -0.25) is 9.80 Å². The first-order valence-electron chi connectivity index (χ1n) is 10.8. The van der Waals surface area contributed by atoms with Crippen molar-refractivity contribution in [3.63, 3.8) is 0 Å². The maximum absolute atomic E-state index is 13.1. The highest BCUT2D eigenvalue weighted by Gasteiger charge is 2.32. The lowest BCUT2D eigenvalue weighted by Crippen LogP contribution is -2.45. The van der Waals surface area contributed by atoms with Gasteiger partial charge in [0.1, 0.15) is 5.75 Å². The summed E-state index contributed by atoms with van der Waals surface area (Å²) in [5, 5.41) is 2.33. The van der Waals surface area contributed by atoms with E-state index < -0.39 is 11.7 Å². The van der Waals surface area contributed by atoms with Crippen LogP contribution >= 0.6 is 24.8 Å². The normalized spacial score (nSPS) is 15.2. The average Bonchev–Trinajstić information content (AvgIpc) is 2.80. The molecular formula is C26H29Cl2F3N2O. The van der Waals surface area contributed by atoms with Gasteiger partial charge in [-0.05, 0) is 28.6 Å². The van der Waals surface area contributed by atoms with E-state index in [1.807, 2.05) is 24.3 Å². The number of rotatable bonds is 6. The third-order valence-corrected chi connectivity index (χ3v) is 5.98. The average molecular weight is 513 g/mol. The fourth-order valence-corrected chi connectivity index (χ4v) is 4.25. The summed E-state index contributed by atoms with van der Waals surface area (Å²) in [5.74, 6) is 0.882. The van der Waals surface area contributed by atoms with Gasteiger partial charge in [0.15, 0.2) is 0 Å². The van der Waals surface area contributed by atoms with E-state index >= 15 is 0 Å². The molecule has 184 valence electrons. The highest BCUT2D eigenvalue weighted by atomic mass is 35.5. The summed E-state index contributed by atoms with van der Waals surface area (Å²) in [4.78, 5) is 4.70. The number of nitrogens with zero attached hydrogens (tertiary/aromatic N) is 2. The van der Waals surface area contributed by atoms with E-state index in [1.165, 1.54) is 23.1 Å². The first kappa shape index (κ1) is 28.0. The molecule has 1 aliphatic heterocycles. The monoisotopic (exact) mass is 512 g/mol. The number of benzene rings is 3. The Labute approximate surface area is 211 Å². The molecule has 8 heteroatoms. The molecule has 3 nitrogen and oxygen atoms in total. The highest BCUT2D eigenvalue weighted by Crippen LogP contribution is 2.32. The molecule has 3 aromatic rings. The van der Waals surface area contributed by atoms with Gasteiger partial charge in [0.25, 0.3) is 0 Å². The zero-order chi connectivity index (χ0) is 22.6. The number of alkyl halides is 3. The Morgan fingerprint density at radius 2 is 1.44 bits per heavy atom. The quantitative estimate of drug-likeness (QED) is 0.372. The predicted molar refractivity (Wildman–Crippen MR) is 137 cm³/mol. The van der Waals surface area contributed by atoms with Crippen LogP contribution in [-0.2, 0) is 12.7 Å². The van der Waals surface area contributed by atoms with Crippen LogP contribution in [0.5, 0.6) is 5.75 Å². The van der Waals surface area contributed by atoms with E-state index in [-0.39, 0.29) is 30.4 Å². The van der Waals surface area contributed by atoms with Crippen molar-refractivity contribution < 1.29 is 17.9 Å². The Morgan fingerprint density at radius 1 is 0.824 bits per heavy atom. The van der Waals surface area contributed by atoms with Crippen LogP contribution < -0.4 is 4.74 Å². The minimum Gasteiger partial charge on any atom is -0.496 e. The first-order chi connectivity index (χ1) is 15.5. The van der Waals surface area contributed by atoms with Crippen LogP contribution in [0.1, 0.15) is 16.7 Å². The molecular weight excluding hydrogens is 484 g/mol. The maximum atomic E-state index is 13.1. The van der Waals surface area contributed by atoms with Gasteiger partial charge >= 0.3 is 6.18 Å². The van der Waals surface area contributed by atoms with E-state index in [2.05, 4.69) is 28.0 Å². The summed E-state index contributed by atoms with van der Waals surface area (Å²) in [5.41, 5.74) is 0.899. The molecule has 0 saturated carbocycles. The van der Waals surface area contributed by atoms with Crippen molar-refractivity contribution in [1.82, 2.24) is 9.80 Å². The zero-order valence-corrected chi connectivity index (χ0v) is 20.6. The molecule has 0 radical (unpaired) electrons. The topological polar surface area (TPSA) is 15.7 Å². The van der Waals surface area contributed by atoms with Crippen LogP contribution in [0.2, 0.25) is 0 Å². The van der Waals surface area contributed by atoms with Crippen molar-refractivity contribution in [3.8, 4) is 5.75 Å². The molecule has 1 aliphatic rings. The molecule has 0 bridgehead atoms. The Balaban J connectivity index is 0.00000204. The first-order valence-corrected chi connectivity index (χ1v) is 10.8. The summed E-state index contributed by atoms with van der Waals surface area (Å²) in [6.07, 6.45) is -0.923. The number of halogens is 5. The molecule has 1 saturated heterocycles. The van der Waals surface area contributed by atoms with E-state index in [9.17, 15) is 13.2 Å². The van der Waals surface area contributed by atoms with Gasteiger partial charge in [-0.2, -0.15) is 13.2 Å². The van der Waals surface area contributed by atoms with Crippen LogP contribution in [-0.4, -0.2) is 49.6 Å². The Bertz CT molecular complexity index is 1100. The molecule has 34 heavy (non-hydrogen) atoms. The fraction of sp³-hybridized carbons (Fsp3) is 0.308. The molecule has 3 aromatic carbocycles. The molecule has 0 aromatic heterocycles. The minimum atomic E-state index is -4.34. The standard InChI is InChI=1S/C26H27F3N2O.2ClH/c1-32-25-13-12-21(22-9-3-4-10-23(22)25)19-31-17-15-30(16-18-31)14-6-8-20-7-2-5-11-24(20)26(27,28)29;;/h2-13H,14-19H2,1H3;2*1H/b8-6+;;. The van der Waals surface area contributed by atoms with E-state index in [1.54, 1.807) is 19.3 Å². The van der Waals surface area contributed by atoms with Crippen molar-refractivity contribution >= 4 is 41.7 Å². The van der Waals surface area contributed by atoms with Gasteiger partial charge in [0.05, 0.1) is 12.7 Å². The molecule has 1 heterocycles. The molecule has 0 aliphatic carbocycles. The molecule has 0 amide bonds. The van der Waals surface area contributed by atoms with Crippen molar-refractivity contribution in [2.24, 2.45) is 0 Å². The lowest BCUT2D eigenvalue weighted by atomic mass is 10.0. The second kappa shape index (κ2) is 12.5. The van der Waals surface area contributed by atoms with Gasteiger partial charge in [0.2, 0.25) is 0 Å². The summed E-state index contributed by atoms with van der Waals surface area (Å²) >= 11 is 0. The lowest BCUT2D eigenvalue weighted by molar-refractivity contribution is -0.137. The van der Waals surface area contributed by atoms with Crippen LogP contribution in [0.25, 0.3) is 16.8 Å². The van der Waals surface area contributed by atoms with Gasteiger partial charge in [-0.25, -0.2) is 0 Å². The number of ether oxygens (including phenoxy) is 1. The molecule has 1 fully saturated rings. The smallest absolute Gasteiger partial charge is 0.416 e. The fourth-order valence-electron chi connectivity index (χ4n) is 4.25. The number of fused-ring (bicyclic) bond motifs is 1. The molecule has 4 rings (SSSR count). The van der Waals surface area contributed by atoms with Gasteiger partial charge in [-0.15, -0.1) is 24.8 Å². The largest absolute Gasteiger partial charge is 0.496 e. The van der Waals surface area contributed by atoms with E-state index in [4.69, 9.17) is 4.74 Å². The number of methoxy groups -OCH3 is 1. The van der Waals surface area contributed by atoms with Crippen molar-refractivity contribution in [2.75, 3.05) is 39.8 Å². The molecule has 0 N–H and O–H groups in total. The Morgan fingerprint density at radius 3 is 2.12 bits per heavy atom. The molecule has 0 unspecified atom stereocenters. The number of hydrogen-bond donors (Lipinski definition) is 0. The van der Waals surface area contributed by atoms with Crippen LogP contribution in [0, 0.1) is 0 Å². The maximum Gasteiger partial charge on any atom is 0.416 e. The molecule has 0 atom stereocenters. The summed E-state index contributed by atoms with van der Waals surface area (Å²) < 4.78 is 44.9. The van der Waals surface area contributed by atoms with E-state index in [0.717, 1.165) is 49.9 Å².